The zero-order valence-electron chi connectivity index (χ0n) is 52.0. The van der Waals surface area contributed by atoms with E-state index in [1.807, 2.05) is 0 Å². The van der Waals surface area contributed by atoms with Crippen LogP contribution in [-0.2, 0) is 28.6 Å². The Morgan fingerprint density at radius 3 is 0.704 bits per heavy atom. The van der Waals surface area contributed by atoms with Crippen LogP contribution in [0.25, 0.3) is 0 Å². The van der Waals surface area contributed by atoms with E-state index in [1.165, 1.54) is 44.9 Å². The molecule has 6 heteroatoms. The van der Waals surface area contributed by atoms with Crippen molar-refractivity contribution in [2.24, 2.45) is 0 Å². The van der Waals surface area contributed by atoms with Crippen LogP contribution in [0, 0.1) is 0 Å². The third-order valence-electron chi connectivity index (χ3n) is 13.2. The van der Waals surface area contributed by atoms with Gasteiger partial charge in [0.1, 0.15) is 13.2 Å². The molecule has 0 amide bonds. The normalized spacial score (nSPS) is 13.3. The molecule has 0 aromatic carbocycles. The Morgan fingerprint density at radius 2 is 0.444 bits per heavy atom. The van der Waals surface area contributed by atoms with Crippen LogP contribution in [0.2, 0.25) is 0 Å². The van der Waals surface area contributed by atoms with Crippen molar-refractivity contribution in [1.82, 2.24) is 0 Å². The summed E-state index contributed by atoms with van der Waals surface area (Å²) >= 11 is 0. The highest BCUT2D eigenvalue weighted by Gasteiger charge is 2.19. The predicted molar refractivity (Wildman–Crippen MR) is 352 cm³/mol. The molecule has 81 heavy (non-hydrogen) atoms. The summed E-state index contributed by atoms with van der Waals surface area (Å²) in [6.45, 7) is 6.25. The zero-order chi connectivity index (χ0) is 58.5. The number of carbonyl (C=O) groups is 3. The first-order valence-corrected chi connectivity index (χ1v) is 32.6. The van der Waals surface area contributed by atoms with E-state index in [9.17, 15) is 14.4 Å². The Labute approximate surface area is 498 Å². The third kappa shape index (κ3) is 65.5. The van der Waals surface area contributed by atoms with E-state index in [0.717, 1.165) is 180 Å². The second-order valence-corrected chi connectivity index (χ2v) is 20.9. The molecule has 0 aromatic heterocycles. The van der Waals surface area contributed by atoms with E-state index >= 15 is 0 Å². The molecule has 0 aliphatic carbocycles. The van der Waals surface area contributed by atoms with Gasteiger partial charge in [-0.3, -0.25) is 14.4 Å². The van der Waals surface area contributed by atoms with Crippen molar-refractivity contribution < 1.29 is 28.6 Å². The first-order valence-electron chi connectivity index (χ1n) is 32.6. The Balaban J connectivity index is 4.39. The highest BCUT2D eigenvalue weighted by atomic mass is 16.6. The van der Waals surface area contributed by atoms with Crippen molar-refractivity contribution in [2.75, 3.05) is 13.2 Å². The highest BCUT2D eigenvalue weighted by molar-refractivity contribution is 5.71. The molecule has 454 valence electrons. The van der Waals surface area contributed by atoms with Crippen molar-refractivity contribution in [2.45, 2.75) is 271 Å². The van der Waals surface area contributed by atoms with E-state index in [2.05, 4.69) is 191 Å². The maximum Gasteiger partial charge on any atom is 0.306 e. The molecule has 0 aromatic rings. The SMILES string of the molecule is CC/C=C\C/C=C\C/C=C\C/C=C\C/C=C\C/C=C\CCCCCCCCCCCCC(=O)OCC(COC(=O)CCCCC/C=C\C/C=C\C/C=C\CC)OC(=O)CCCCCCC/C=C\C/C=C\C/C=C\C/C=C\C/C=C\CC. The number of ether oxygens (including phenoxy) is 3. The summed E-state index contributed by atoms with van der Waals surface area (Å²) in [5, 5.41) is 0. The summed E-state index contributed by atoms with van der Waals surface area (Å²) in [4.78, 5) is 38.3. The molecule has 0 N–H and O–H groups in total. The van der Waals surface area contributed by atoms with Crippen LogP contribution in [0.1, 0.15) is 265 Å². The van der Waals surface area contributed by atoms with Gasteiger partial charge in [-0.1, -0.05) is 268 Å². The van der Waals surface area contributed by atoms with Crippen LogP contribution in [0.5, 0.6) is 0 Å². The van der Waals surface area contributed by atoms with Gasteiger partial charge in [-0.15, -0.1) is 0 Å². The number of hydrogen-bond acceptors (Lipinski definition) is 6. The van der Waals surface area contributed by atoms with Crippen LogP contribution in [0.15, 0.2) is 170 Å². The second-order valence-electron chi connectivity index (χ2n) is 20.9. The molecule has 0 rings (SSSR count). The quantitative estimate of drug-likeness (QED) is 0.0261. The lowest BCUT2D eigenvalue weighted by Crippen LogP contribution is -2.30. The zero-order valence-corrected chi connectivity index (χ0v) is 52.0. The minimum absolute atomic E-state index is 0.105. The lowest BCUT2D eigenvalue weighted by Gasteiger charge is -2.18. The van der Waals surface area contributed by atoms with Gasteiger partial charge >= 0.3 is 17.9 Å². The molecule has 0 heterocycles. The fourth-order valence-electron chi connectivity index (χ4n) is 8.43. The van der Waals surface area contributed by atoms with Crippen molar-refractivity contribution in [3.63, 3.8) is 0 Å². The van der Waals surface area contributed by atoms with E-state index in [1.54, 1.807) is 0 Å². The molecule has 0 aliphatic heterocycles. The minimum Gasteiger partial charge on any atom is -0.462 e. The molecule has 0 saturated carbocycles. The average molecular weight is 1120 g/mol. The molecule has 0 saturated heterocycles. The van der Waals surface area contributed by atoms with Gasteiger partial charge in [-0.2, -0.15) is 0 Å². The van der Waals surface area contributed by atoms with Gasteiger partial charge in [0.25, 0.3) is 0 Å². The van der Waals surface area contributed by atoms with Gasteiger partial charge in [0.05, 0.1) is 0 Å². The van der Waals surface area contributed by atoms with Gasteiger partial charge in [-0.25, -0.2) is 0 Å². The number of esters is 3. The van der Waals surface area contributed by atoms with Crippen LogP contribution >= 0.6 is 0 Å². The average Bonchev–Trinajstić information content (AvgIpc) is 3.46. The lowest BCUT2D eigenvalue weighted by atomic mass is 10.1. The standard InChI is InChI=1S/C75H118O6/c1-4-7-10-13-16-19-22-25-27-29-31-33-34-35-36-37-38-39-40-42-43-45-47-50-53-56-59-62-65-68-74(77)80-71-72(70-79-73(76)67-64-61-58-55-52-49-24-21-18-15-12-9-6-3)81-75(78)69-66-63-60-57-54-51-48-46-44-41-32-30-28-26-23-20-17-14-11-8-5-2/h7-12,16-21,25-28,31-33,35-36,38-39,41,46,48-49,52,72H,4-6,13-15,22-24,29-30,34,37,40,42-45,47,50-51,53-71H2,1-3H3/b10-7-,11-8-,12-9-,19-16-,20-17-,21-18-,27-25-,28-26-,33-31-,36-35-,39-38-,41-32-,48-46-,52-49-. The number of unbranched alkanes of at least 4 members (excludes halogenated alkanes) is 18. The molecule has 1 unspecified atom stereocenters. The van der Waals surface area contributed by atoms with Crippen molar-refractivity contribution in [3.05, 3.63) is 170 Å². The number of carbonyl (C=O) groups excluding carboxylic acids is 3. The fourth-order valence-corrected chi connectivity index (χ4v) is 8.43. The molecule has 0 bridgehead atoms. The number of allylic oxidation sites excluding steroid dienone is 28. The van der Waals surface area contributed by atoms with Gasteiger partial charge in [0.2, 0.25) is 0 Å². The van der Waals surface area contributed by atoms with Gasteiger partial charge in [0, 0.05) is 19.3 Å². The Bertz CT molecular complexity index is 1860. The van der Waals surface area contributed by atoms with E-state index < -0.39 is 6.10 Å². The highest BCUT2D eigenvalue weighted by Crippen LogP contribution is 2.15. The Morgan fingerprint density at radius 1 is 0.247 bits per heavy atom. The monoisotopic (exact) mass is 1110 g/mol. The summed E-state index contributed by atoms with van der Waals surface area (Å²) in [7, 11) is 0. The summed E-state index contributed by atoms with van der Waals surface area (Å²) < 4.78 is 16.9. The first kappa shape index (κ1) is 75.8. The molecule has 6 nitrogen and oxygen atoms in total. The van der Waals surface area contributed by atoms with Crippen molar-refractivity contribution in [3.8, 4) is 0 Å². The summed E-state index contributed by atoms with van der Waals surface area (Å²) in [5.41, 5.74) is 0. The topological polar surface area (TPSA) is 78.9 Å². The maximum absolute atomic E-state index is 12.9. The third-order valence-corrected chi connectivity index (χ3v) is 13.2. The van der Waals surface area contributed by atoms with Gasteiger partial charge in [-0.05, 0) is 148 Å². The first-order chi connectivity index (χ1) is 40.0. The Hall–Kier alpha value is -5.23. The van der Waals surface area contributed by atoms with E-state index in [-0.39, 0.29) is 31.1 Å². The van der Waals surface area contributed by atoms with Gasteiger partial charge < -0.3 is 14.2 Å². The molecular weight excluding hydrogens is 997 g/mol. The van der Waals surface area contributed by atoms with Crippen LogP contribution < -0.4 is 0 Å². The molecule has 0 aliphatic rings. The largest absolute Gasteiger partial charge is 0.462 e. The number of rotatable bonds is 57. The fraction of sp³-hybridized carbons (Fsp3) is 0.587. The number of hydrogen-bond donors (Lipinski definition) is 0. The smallest absolute Gasteiger partial charge is 0.306 e. The van der Waals surface area contributed by atoms with Crippen LogP contribution in [0.3, 0.4) is 0 Å². The molecule has 0 fully saturated rings. The second kappa shape index (κ2) is 67.3. The predicted octanol–water partition coefficient (Wildman–Crippen LogP) is 22.7. The minimum atomic E-state index is -0.813. The van der Waals surface area contributed by atoms with E-state index in [4.69, 9.17) is 14.2 Å². The van der Waals surface area contributed by atoms with Crippen LogP contribution in [-0.4, -0.2) is 37.2 Å². The summed E-state index contributed by atoms with van der Waals surface area (Å²) in [6.07, 6.45) is 99.3. The molecule has 1 atom stereocenters. The van der Waals surface area contributed by atoms with Crippen LogP contribution in [0.4, 0.5) is 0 Å². The maximum atomic E-state index is 12.9. The summed E-state index contributed by atoms with van der Waals surface area (Å²) in [5.74, 6) is -0.963. The molecule has 0 radical (unpaired) electrons. The molecule has 0 spiro atoms. The molecular formula is C75H118O6. The lowest BCUT2D eigenvalue weighted by molar-refractivity contribution is -0.167. The summed E-state index contributed by atoms with van der Waals surface area (Å²) in [6, 6.07) is 0. The van der Waals surface area contributed by atoms with Crippen molar-refractivity contribution >= 4 is 17.9 Å². The van der Waals surface area contributed by atoms with Gasteiger partial charge in [0.15, 0.2) is 6.10 Å². The van der Waals surface area contributed by atoms with E-state index in [0.29, 0.717) is 19.3 Å². The Kier molecular flexibility index (Phi) is 62.9. The van der Waals surface area contributed by atoms with Crippen molar-refractivity contribution in [1.29, 1.82) is 0 Å².